The van der Waals surface area contributed by atoms with E-state index in [1.165, 1.54) is 3.97 Å². The standard InChI is InChI=1S/C24H28N2O4S/c1-3-19-17-25(2)23(16-24(19)29-13-14-30-24)22-15-18-9-7-8-12-21(18)26(22)31(27,28)20-10-5-4-6-11-20/h4-12,15,19,23H,3,13-14,16-17H2,1-2H3/t19-,23-/m0/s1. The second-order valence-corrected chi connectivity index (χ2v) is 10.3. The van der Waals surface area contributed by atoms with Crippen LogP contribution in [0.3, 0.4) is 0 Å². The lowest BCUT2D eigenvalue weighted by Gasteiger charge is -2.47. The van der Waals surface area contributed by atoms with Gasteiger partial charge in [-0.15, -0.1) is 0 Å². The van der Waals surface area contributed by atoms with Gasteiger partial charge in [0.1, 0.15) is 0 Å². The molecule has 7 heteroatoms. The predicted molar refractivity (Wildman–Crippen MR) is 119 cm³/mol. The van der Waals surface area contributed by atoms with E-state index >= 15 is 0 Å². The van der Waals surface area contributed by atoms with Crippen LogP contribution in [-0.2, 0) is 19.5 Å². The minimum Gasteiger partial charge on any atom is -0.347 e. The van der Waals surface area contributed by atoms with Crippen molar-refractivity contribution in [1.82, 2.24) is 8.87 Å². The highest BCUT2D eigenvalue weighted by Gasteiger charge is 2.51. The molecule has 3 heterocycles. The number of ether oxygens (including phenoxy) is 2. The molecule has 0 amide bonds. The van der Waals surface area contributed by atoms with Crippen molar-refractivity contribution in [1.29, 1.82) is 0 Å². The molecule has 2 aromatic carbocycles. The van der Waals surface area contributed by atoms with Crippen LogP contribution in [0.2, 0.25) is 0 Å². The molecule has 5 rings (SSSR count). The molecule has 6 nitrogen and oxygen atoms in total. The third kappa shape index (κ3) is 3.31. The van der Waals surface area contributed by atoms with Gasteiger partial charge in [0.05, 0.1) is 35.4 Å². The number of piperidine rings is 1. The molecule has 164 valence electrons. The van der Waals surface area contributed by atoms with Crippen LogP contribution >= 0.6 is 0 Å². The first kappa shape index (κ1) is 20.7. The first-order valence-electron chi connectivity index (χ1n) is 10.9. The van der Waals surface area contributed by atoms with Crippen molar-refractivity contribution in [3.63, 3.8) is 0 Å². The van der Waals surface area contributed by atoms with Crippen LogP contribution in [0.1, 0.15) is 31.5 Å². The predicted octanol–water partition coefficient (Wildman–Crippen LogP) is 4.02. The molecule has 0 aliphatic carbocycles. The summed E-state index contributed by atoms with van der Waals surface area (Å²) >= 11 is 0. The lowest BCUT2D eigenvalue weighted by atomic mass is 9.83. The third-order valence-electron chi connectivity index (χ3n) is 6.73. The van der Waals surface area contributed by atoms with Crippen LogP contribution in [0.25, 0.3) is 10.9 Å². The first-order valence-corrected chi connectivity index (χ1v) is 12.3. The molecule has 0 N–H and O–H groups in total. The molecule has 2 saturated heterocycles. The van der Waals surface area contributed by atoms with Gasteiger partial charge in [0.15, 0.2) is 5.79 Å². The molecule has 0 unspecified atom stereocenters. The van der Waals surface area contributed by atoms with Crippen molar-refractivity contribution in [3.8, 4) is 0 Å². The van der Waals surface area contributed by atoms with Crippen molar-refractivity contribution in [3.05, 3.63) is 66.4 Å². The number of fused-ring (bicyclic) bond motifs is 1. The molecule has 2 aliphatic rings. The number of nitrogens with zero attached hydrogens (tertiary/aromatic N) is 2. The van der Waals surface area contributed by atoms with Crippen molar-refractivity contribution < 1.29 is 17.9 Å². The normalized spacial score (nSPS) is 24.2. The summed E-state index contributed by atoms with van der Waals surface area (Å²) in [6.07, 6.45) is 1.55. The molecule has 0 radical (unpaired) electrons. The van der Waals surface area contributed by atoms with Gasteiger partial charge in [-0.3, -0.25) is 4.90 Å². The fourth-order valence-corrected chi connectivity index (χ4v) is 6.74. The minimum atomic E-state index is -3.77. The summed E-state index contributed by atoms with van der Waals surface area (Å²) < 4.78 is 41.4. The zero-order chi connectivity index (χ0) is 21.6. The van der Waals surface area contributed by atoms with Gasteiger partial charge in [-0.1, -0.05) is 43.3 Å². The Balaban J connectivity index is 1.68. The Kier molecular flexibility index (Phi) is 5.17. The van der Waals surface area contributed by atoms with Crippen molar-refractivity contribution >= 4 is 20.9 Å². The van der Waals surface area contributed by atoms with E-state index in [-0.39, 0.29) is 16.9 Å². The number of aromatic nitrogens is 1. The maximum atomic E-state index is 13.8. The van der Waals surface area contributed by atoms with Gasteiger partial charge in [0.25, 0.3) is 10.0 Å². The van der Waals surface area contributed by atoms with Crippen LogP contribution in [-0.4, -0.2) is 49.9 Å². The van der Waals surface area contributed by atoms with Gasteiger partial charge in [-0.25, -0.2) is 12.4 Å². The quantitative estimate of drug-likeness (QED) is 0.613. The SMILES string of the molecule is CC[C@H]1CN(C)[C@H](c2cc3ccccc3n2S(=O)(=O)c2ccccc2)CC12OCCO2. The van der Waals surface area contributed by atoms with E-state index < -0.39 is 15.8 Å². The highest BCUT2D eigenvalue weighted by Crippen LogP contribution is 2.46. The Labute approximate surface area is 183 Å². The fourth-order valence-electron chi connectivity index (χ4n) is 5.15. The van der Waals surface area contributed by atoms with Crippen LogP contribution in [0.15, 0.2) is 65.6 Å². The summed E-state index contributed by atoms with van der Waals surface area (Å²) in [6, 6.07) is 18.1. The average Bonchev–Trinajstić information content (AvgIpc) is 3.41. The van der Waals surface area contributed by atoms with Crippen LogP contribution in [0, 0.1) is 5.92 Å². The monoisotopic (exact) mass is 440 g/mol. The molecule has 0 bridgehead atoms. The lowest BCUT2D eigenvalue weighted by Crippen LogP contribution is -2.53. The van der Waals surface area contributed by atoms with E-state index in [1.807, 2.05) is 36.4 Å². The number of rotatable bonds is 4. The Morgan fingerprint density at radius 1 is 1.03 bits per heavy atom. The second-order valence-electron chi connectivity index (χ2n) is 8.48. The van der Waals surface area contributed by atoms with E-state index in [0.717, 1.165) is 24.0 Å². The summed E-state index contributed by atoms with van der Waals surface area (Å²) in [5.41, 5.74) is 1.44. The van der Waals surface area contributed by atoms with Crippen LogP contribution in [0.4, 0.5) is 0 Å². The summed E-state index contributed by atoms with van der Waals surface area (Å²) in [6.45, 7) is 4.10. The van der Waals surface area contributed by atoms with Gasteiger partial charge in [-0.2, -0.15) is 0 Å². The molecular weight excluding hydrogens is 412 g/mol. The van der Waals surface area contributed by atoms with Gasteiger partial charge >= 0.3 is 0 Å². The molecule has 3 aromatic rings. The Morgan fingerprint density at radius 3 is 2.42 bits per heavy atom. The topological polar surface area (TPSA) is 60.8 Å². The van der Waals surface area contributed by atoms with Crippen molar-refractivity contribution in [2.45, 2.75) is 36.5 Å². The average molecular weight is 441 g/mol. The molecule has 1 spiro atoms. The smallest absolute Gasteiger partial charge is 0.268 e. The van der Waals surface area contributed by atoms with Crippen LogP contribution < -0.4 is 0 Å². The van der Waals surface area contributed by atoms with E-state index in [0.29, 0.717) is 25.2 Å². The molecule has 0 saturated carbocycles. The van der Waals surface area contributed by atoms with Gasteiger partial charge in [0.2, 0.25) is 0 Å². The fraction of sp³-hybridized carbons (Fsp3) is 0.417. The second kappa shape index (κ2) is 7.74. The maximum Gasteiger partial charge on any atom is 0.268 e. The molecule has 2 fully saturated rings. The summed E-state index contributed by atoms with van der Waals surface area (Å²) in [5, 5.41) is 0.908. The number of hydrogen-bond donors (Lipinski definition) is 0. The summed E-state index contributed by atoms with van der Waals surface area (Å²) in [7, 11) is -1.71. The highest BCUT2D eigenvalue weighted by atomic mass is 32.2. The number of likely N-dealkylation sites (tertiary alicyclic amines) is 1. The zero-order valence-electron chi connectivity index (χ0n) is 17.9. The summed E-state index contributed by atoms with van der Waals surface area (Å²) in [5.74, 6) is -0.399. The molecule has 1 aromatic heterocycles. The summed E-state index contributed by atoms with van der Waals surface area (Å²) in [4.78, 5) is 2.53. The Morgan fingerprint density at radius 2 is 1.71 bits per heavy atom. The molecule has 31 heavy (non-hydrogen) atoms. The molecule has 2 atom stereocenters. The highest BCUT2D eigenvalue weighted by molar-refractivity contribution is 7.90. The minimum absolute atomic E-state index is 0.146. The number of para-hydroxylation sites is 1. The van der Waals surface area contributed by atoms with Gasteiger partial charge in [0, 0.05) is 24.3 Å². The zero-order valence-corrected chi connectivity index (χ0v) is 18.7. The Hall–Kier alpha value is -2.19. The van der Waals surface area contributed by atoms with Crippen molar-refractivity contribution in [2.75, 3.05) is 26.8 Å². The largest absolute Gasteiger partial charge is 0.347 e. The van der Waals surface area contributed by atoms with Gasteiger partial charge in [-0.05, 0) is 37.7 Å². The maximum absolute atomic E-state index is 13.8. The number of hydrogen-bond acceptors (Lipinski definition) is 5. The van der Waals surface area contributed by atoms with E-state index in [1.54, 1.807) is 24.3 Å². The van der Waals surface area contributed by atoms with Gasteiger partial charge < -0.3 is 9.47 Å². The Bertz CT molecular complexity index is 1180. The molecule has 2 aliphatic heterocycles. The van der Waals surface area contributed by atoms with Crippen molar-refractivity contribution in [2.24, 2.45) is 5.92 Å². The van der Waals surface area contributed by atoms with E-state index in [4.69, 9.17) is 9.47 Å². The first-order chi connectivity index (χ1) is 15.0. The molecular formula is C24H28N2O4S. The van der Waals surface area contributed by atoms with E-state index in [2.05, 4.69) is 18.9 Å². The number of benzene rings is 2. The van der Waals surface area contributed by atoms with Crippen LogP contribution in [0.5, 0.6) is 0 Å². The lowest BCUT2D eigenvalue weighted by molar-refractivity contribution is -0.231. The third-order valence-corrected chi connectivity index (χ3v) is 8.48. The van der Waals surface area contributed by atoms with E-state index in [9.17, 15) is 8.42 Å².